The van der Waals surface area contributed by atoms with Crippen molar-refractivity contribution in [2.45, 2.75) is 17.9 Å². The first-order valence-electron chi connectivity index (χ1n) is 8.40. The van der Waals surface area contributed by atoms with Gasteiger partial charge in [0.1, 0.15) is 18.2 Å². The van der Waals surface area contributed by atoms with Crippen molar-refractivity contribution in [2.24, 2.45) is 0 Å². The maximum atomic E-state index is 12.9. The number of benzene rings is 2. The Hall–Kier alpha value is -3.28. The van der Waals surface area contributed by atoms with Gasteiger partial charge in [-0.15, -0.1) is 10.2 Å². The molecule has 0 aliphatic heterocycles. The largest absolute Gasteiger partial charge is 0.486 e. The van der Waals surface area contributed by atoms with Gasteiger partial charge in [-0.2, -0.15) is 13.2 Å². The summed E-state index contributed by atoms with van der Waals surface area (Å²) in [4.78, 5) is 12.0. The first kappa shape index (κ1) is 21.4. The van der Waals surface area contributed by atoms with E-state index in [1.165, 1.54) is 36.4 Å². The maximum Gasteiger partial charge on any atom is 0.416 e. The van der Waals surface area contributed by atoms with E-state index in [0.717, 1.165) is 28.6 Å². The van der Waals surface area contributed by atoms with Gasteiger partial charge in [-0.1, -0.05) is 17.8 Å². The second-order valence-corrected chi connectivity index (χ2v) is 6.87. The molecule has 12 heteroatoms. The number of anilines is 1. The van der Waals surface area contributed by atoms with Crippen LogP contribution >= 0.6 is 11.8 Å². The van der Waals surface area contributed by atoms with E-state index in [9.17, 15) is 22.4 Å². The zero-order chi connectivity index (χ0) is 21.7. The average Bonchev–Trinajstić information content (AvgIpc) is 3.05. The molecule has 0 unspecified atom stereocenters. The van der Waals surface area contributed by atoms with Crippen LogP contribution in [0.5, 0.6) is 5.75 Å². The molecule has 0 saturated carbocycles. The van der Waals surface area contributed by atoms with Crippen LogP contribution in [-0.4, -0.2) is 26.5 Å². The summed E-state index contributed by atoms with van der Waals surface area (Å²) in [5, 5.41) is 10.3. The van der Waals surface area contributed by atoms with Gasteiger partial charge in [0, 0.05) is 5.69 Å². The highest BCUT2D eigenvalue weighted by molar-refractivity contribution is 7.99. The van der Waals surface area contributed by atoms with Crippen LogP contribution in [0.3, 0.4) is 0 Å². The molecule has 0 fully saturated rings. The Morgan fingerprint density at radius 3 is 2.60 bits per heavy atom. The molecule has 1 heterocycles. The SMILES string of the molecule is Nn1c(COc2ccc(F)cc2)nnc1SCC(=O)Nc1cccc(C(F)(F)F)c1. The molecule has 0 spiro atoms. The molecule has 30 heavy (non-hydrogen) atoms. The van der Waals surface area contributed by atoms with Gasteiger partial charge in [-0.3, -0.25) is 4.79 Å². The van der Waals surface area contributed by atoms with Crippen molar-refractivity contribution in [2.75, 3.05) is 16.9 Å². The average molecular weight is 441 g/mol. The summed E-state index contributed by atoms with van der Waals surface area (Å²) in [6.45, 7) is -0.0356. The molecule has 1 aromatic heterocycles. The Bertz CT molecular complexity index is 1020. The molecule has 158 valence electrons. The number of hydrogen-bond acceptors (Lipinski definition) is 6. The van der Waals surface area contributed by atoms with Crippen LogP contribution in [0, 0.1) is 5.82 Å². The number of nitrogens with two attached hydrogens (primary N) is 1. The van der Waals surface area contributed by atoms with Crippen LogP contribution in [0.2, 0.25) is 0 Å². The van der Waals surface area contributed by atoms with E-state index >= 15 is 0 Å². The fourth-order valence-corrected chi connectivity index (χ4v) is 2.96. The number of rotatable bonds is 7. The topological polar surface area (TPSA) is 95.1 Å². The summed E-state index contributed by atoms with van der Waals surface area (Å²) in [5.74, 6) is 5.47. The van der Waals surface area contributed by atoms with Crippen molar-refractivity contribution >= 4 is 23.4 Å². The Morgan fingerprint density at radius 1 is 1.17 bits per heavy atom. The number of thioether (sulfide) groups is 1. The number of alkyl halides is 3. The molecule has 0 aliphatic carbocycles. The number of nitrogens with one attached hydrogen (secondary N) is 1. The molecule has 7 nitrogen and oxygen atoms in total. The molecule has 0 aliphatic rings. The summed E-state index contributed by atoms with van der Waals surface area (Å²) in [6, 6.07) is 9.69. The first-order valence-corrected chi connectivity index (χ1v) is 9.38. The lowest BCUT2D eigenvalue weighted by Crippen LogP contribution is -2.18. The minimum Gasteiger partial charge on any atom is -0.486 e. The Labute approximate surface area is 172 Å². The first-order chi connectivity index (χ1) is 14.2. The van der Waals surface area contributed by atoms with Gasteiger partial charge in [0.05, 0.1) is 11.3 Å². The summed E-state index contributed by atoms with van der Waals surface area (Å²) >= 11 is 0.954. The normalized spacial score (nSPS) is 11.3. The van der Waals surface area contributed by atoms with Crippen molar-refractivity contribution in [3.05, 3.63) is 65.7 Å². The number of aromatic nitrogens is 3. The molecule has 3 aromatic rings. The smallest absolute Gasteiger partial charge is 0.416 e. The Balaban J connectivity index is 1.53. The summed E-state index contributed by atoms with van der Waals surface area (Å²) < 4.78 is 57.7. The van der Waals surface area contributed by atoms with Gasteiger partial charge in [0.15, 0.2) is 5.82 Å². The van der Waals surface area contributed by atoms with Crippen molar-refractivity contribution in [3.8, 4) is 5.75 Å². The van der Waals surface area contributed by atoms with Crippen LogP contribution in [-0.2, 0) is 17.6 Å². The van der Waals surface area contributed by atoms with Crippen LogP contribution in [0.4, 0.5) is 23.2 Å². The molecule has 0 saturated heterocycles. The van der Waals surface area contributed by atoms with E-state index in [4.69, 9.17) is 10.6 Å². The molecule has 1 amide bonds. The second kappa shape index (κ2) is 9.03. The van der Waals surface area contributed by atoms with E-state index < -0.39 is 23.5 Å². The van der Waals surface area contributed by atoms with Crippen molar-refractivity contribution in [1.82, 2.24) is 14.9 Å². The third kappa shape index (κ3) is 5.63. The van der Waals surface area contributed by atoms with Gasteiger partial charge in [0.2, 0.25) is 11.1 Å². The van der Waals surface area contributed by atoms with Crippen LogP contribution < -0.4 is 15.9 Å². The number of carbonyl (C=O) groups is 1. The number of nitrogen functional groups attached to an aromatic ring is 1. The molecular formula is C18H15F4N5O2S. The zero-order valence-electron chi connectivity index (χ0n) is 15.2. The number of ether oxygens (including phenoxy) is 1. The number of nitrogens with zero attached hydrogens (tertiary/aromatic N) is 3. The van der Waals surface area contributed by atoms with Crippen molar-refractivity contribution in [1.29, 1.82) is 0 Å². The van der Waals surface area contributed by atoms with Crippen LogP contribution in [0.15, 0.2) is 53.7 Å². The third-order valence-corrected chi connectivity index (χ3v) is 4.67. The van der Waals surface area contributed by atoms with Crippen LogP contribution in [0.25, 0.3) is 0 Å². The van der Waals surface area contributed by atoms with E-state index in [1.807, 2.05) is 0 Å². The number of amides is 1. The lowest BCUT2D eigenvalue weighted by atomic mass is 10.2. The zero-order valence-corrected chi connectivity index (χ0v) is 16.0. The van der Waals surface area contributed by atoms with E-state index in [1.54, 1.807) is 0 Å². The maximum absolute atomic E-state index is 12.9. The molecule has 0 atom stereocenters. The summed E-state index contributed by atoms with van der Waals surface area (Å²) in [7, 11) is 0. The standard InChI is InChI=1S/C18H15F4N5O2S/c19-12-4-6-14(7-5-12)29-9-15-25-26-17(27(15)23)30-10-16(28)24-13-3-1-2-11(8-13)18(20,21)22/h1-8H,9-10,23H2,(H,24,28). The molecule has 0 bridgehead atoms. The van der Waals surface area contributed by atoms with Gasteiger partial charge in [-0.05, 0) is 42.5 Å². The quantitative estimate of drug-likeness (QED) is 0.331. The Kier molecular flexibility index (Phi) is 6.45. The predicted octanol–water partition coefficient (Wildman–Crippen LogP) is 3.46. The van der Waals surface area contributed by atoms with Gasteiger partial charge in [-0.25, -0.2) is 9.07 Å². The van der Waals surface area contributed by atoms with Gasteiger partial charge < -0.3 is 15.9 Å². The summed E-state index contributed by atoms with van der Waals surface area (Å²) in [6.07, 6.45) is -4.50. The lowest BCUT2D eigenvalue weighted by molar-refractivity contribution is -0.137. The highest BCUT2D eigenvalue weighted by Gasteiger charge is 2.30. The number of hydrogen-bond donors (Lipinski definition) is 2. The minimum atomic E-state index is -4.50. The van der Waals surface area contributed by atoms with E-state index in [2.05, 4.69) is 15.5 Å². The van der Waals surface area contributed by atoms with E-state index in [-0.39, 0.29) is 29.0 Å². The van der Waals surface area contributed by atoms with Crippen molar-refractivity contribution < 1.29 is 27.1 Å². The number of halogens is 4. The highest BCUT2D eigenvalue weighted by atomic mass is 32.2. The fraction of sp³-hybridized carbons (Fsp3) is 0.167. The third-order valence-electron chi connectivity index (χ3n) is 3.72. The van der Waals surface area contributed by atoms with Gasteiger partial charge >= 0.3 is 6.18 Å². The summed E-state index contributed by atoms with van der Waals surface area (Å²) in [5.41, 5.74) is -0.835. The molecule has 2 aromatic carbocycles. The second-order valence-electron chi connectivity index (χ2n) is 5.93. The minimum absolute atomic E-state index is 0.0260. The highest BCUT2D eigenvalue weighted by Crippen LogP contribution is 2.30. The molecule has 3 rings (SSSR count). The fourth-order valence-electron chi connectivity index (χ4n) is 2.28. The number of carbonyl (C=O) groups excluding carboxylic acids is 1. The molecule has 3 N–H and O–H groups in total. The van der Waals surface area contributed by atoms with Gasteiger partial charge in [0.25, 0.3) is 0 Å². The van der Waals surface area contributed by atoms with E-state index in [0.29, 0.717) is 5.75 Å². The lowest BCUT2D eigenvalue weighted by Gasteiger charge is -2.09. The van der Waals surface area contributed by atoms with Crippen molar-refractivity contribution in [3.63, 3.8) is 0 Å². The molecule has 0 radical (unpaired) electrons. The Morgan fingerprint density at radius 2 is 1.90 bits per heavy atom. The van der Waals surface area contributed by atoms with Crippen LogP contribution in [0.1, 0.15) is 11.4 Å². The molecular weight excluding hydrogens is 426 g/mol. The monoisotopic (exact) mass is 441 g/mol. The predicted molar refractivity (Wildman–Crippen MR) is 102 cm³/mol.